The highest BCUT2D eigenvalue weighted by Crippen LogP contribution is 2.23. The van der Waals surface area contributed by atoms with Crippen LogP contribution in [0.5, 0.6) is 0 Å². The second-order valence-corrected chi connectivity index (χ2v) is 4.96. The van der Waals surface area contributed by atoms with Crippen LogP contribution in [0.4, 0.5) is 10.1 Å². The lowest BCUT2D eigenvalue weighted by molar-refractivity contribution is -0.139. The molecule has 1 unspecified atom stereocenters. The molecule has 1 N–H and O–H groups in total. The third-order valence-corrected chi connectivity index (χ3v) is 3.25. The average molecular weight is 355 g/mol. The van der Waals surface area contributed by atoms with Crippen molar-refractivity contribution in [1.82, 2.24) is 0 Å². The van der Waals surface area contributed by atoms with Crippen molar-refractivity contribution < 1.29 is 13.9 Å². The highest BCUT2D eigenvalue weighted by molar-refractivity contribution is 9.10. The Labute approximate surface area is 110 Å². The minimum Gasteiger partial charge on any atom is -0.468 e. The molecule has 88 valence electrons. The van der Waals surface area contributed by atoms with E-state index in [-0.39, 0.29) is 11.8 Å². The quantitative estimate of drug-likeness (QED) is 0.667. The van der Waals surface area contributed by atoms with E-state index in [9.17, 15) is 9.18 Å². The number of carbonyl (C=O) groups is 1. The molecule has 0 bridgehead atoms. The van der Waals surface area contributed by atoms with E-state index in [1.54, 1.807) is 6.07 Å². The molecular formula is C10H10Br2FNO2. The summed E-state index contributed by atoms with van der Waals surface area (Å²) in [7, 11) is 1.31. The number of nitrogens with one attached hydrogen (secondary N) is 1. The Morgan fingerprint density at radius 3 is 2.94 bits per heavy atom. The van der Waals surface area contributed by atoms with Gasteiger partial charge in [-0.05, 0) is 34.1 Å². The number of ether oxygens (including phenoxy) is 1. The molecule has 0 fully saturated rings. The van der Waals surface area contributed by atoms with Crippen LogP contribution in [0.1, 0.15) is 0 Å². The smallest absolute Gasteiger partial charge is 0.321 e. The molecule has 0 amide bonds. The fraction of sp³-hybridized carbons (Fsp3) is 0.300. The van der Waals surface area contributed by atoms with Gasteiger partial charge in [0.15, 0.2) is 0 Å². The number of benzene rings is 1. The van der Waals surface area contributed by atoms with Gasteiger partial charge in [-0.25, -0.2) is 4.39 Å². The summed E-state index contributed by atoms with van der Waals surface area (Å²) >= 11 is 6.43. The van der Waals surface area contributed by atoms with Crippen LogP contribution in [0.2, 0.25) is 0 Å². The first-order chi connectivity index (χ1) is 7.54. The van der Waals surface area contributed by atoms with Crippen LogP contribution in [0.15, 0.2) is 22.7 Å². The van der Waals surface area contributed by atoms with E-state index in [0.717, 1.165) is 4.47 Å². The maximum atomic E-state index is 12.9. The van der Waals surface area contributed by atoms with Gasteiger partial charge in [0.1, 0.15) is 10.6 Å². The summed E-state index contributed by atoms with van der Waals surface area (Å²) in [5, 5.41) is 2.93. The molecule has 0 spiro atoms. The number of halogens is 3. The fourth-order valence-electron chi connectivity index (χ4n) is 1.04. The zero-order valence-corrected chi connectivity index (χ0v) is 11.6. The number of alkyl halides is 1. The number of methoxy groups -OCH3 is 1. The normalized spacial score (nSPS) is 12.0. The average Bonchev–Trinajstić information content (AvgIpc) is 2.28. The van der Waals surface area contributed by atoms with Crippen molar-refractivity contribution in [2.45, 2.75) is 4.83 Å². The highest BCUT2D eigenvalue weighted by atomic mass is 79.9. The van der Waals surface area contributed by atoms with Crippen molar-refractivity contribution in [2.75, 3.05) is 19.0 Å². The second kappa shape index (κ2) is 6.20. The van der Waals surface area contributed by atoms with Gasteiger partial charge in [0.25, 0.3) is 0 Å². The van der Waals surface area contributed by atoms with Crippen LogP contribution >= 0.6 is 31.9 Å². The molecule has 16 heavy (non-hydrogen) atoms. The molecule has 0 saturated heterocycles. The highest BCUT2D eigenvalue weighted by Gasteiger charge is 2.15. The topological polar surface area (TPSA) is 38.3 Å². The van der Waals surface area contributed by atoms with Gasteiger partial charge in [0.05, 0.1) is 12.8 Å². The van der Waals surface area contributed by atoms with Crippen molar-refractivity contribution in [1.29, 1.82) is 0 Å². The van der Waals surface area contributed by atoms with Crippen molar-refractivity contribution >= 4 is 43.5 Å². The predicted molar refractivity (Wildman–Crippen MR) is 67.3 cm³/mol. The summed E-state index contributed by atoms with van der Waals surface area (Å²) in [4.78, 5) is 10.6. The summed E-state index contributed by atoms with van der Waals surface area (Å²) in [6, 6.07) is 4.29. The van der Waals surface area contributed by atoms with Gasteiger partial charge in [-0.15, -0.1) is 0 Å². The SMILES string of the molecule is COC(=O)C(Br)CNc1cc(F)ccc1Br. The Hall–Kier alpha value is -0.620. The maximum Gasteiger partial charge on any atom is 0.321 e. The second-order valence-electron chi connectivity index (χ2n) is 3.00. The zero-order chi connectivity index (χ0) is 12.1. The summed E-state index contributed by atoms with van der Waals surface area (Å²) in [6.07, 6.45) is 0. The van der Waals surface area contributed by atoms with E-state index in [0.29, 0.717) is 12.2 Å². The number of rotatable bonds is 4. The molecule has 0 saturated carbocycles. The summed E-state index contributed by atoms with van der Waals surface area (Å²) in [6.45, 7) is 0.314. The van der Waals surface area contributed by atoms with Crippen LogP contribution in [0.25, 0.3) is 0 Å². The Morgan fingerprint density at radius 1 is 1.62 bits per heavy atom. The molecule has 1 rings (SSSR count). The fourth-order valence-corrected chi connectivity index (χ4v) is 1.78. The van der Waals surface area contributed by atoms with Crippen molar-refractivity contribution in [3.05, 3.63) is 28.5 Å². The number of carbonyl (C=O) groups excluding carboxylic acids is 1. The molecule has 0 aliphatic carbocycles. The molecule has 0 aliphatic rings. The Kier molecular flexibility index (Phi) is 5.21. The van der Waals surface area contributed by atoms with E-state index >= 15 is 0 Å². The third-order valence-electron chi connectivity index (χ3n) is 1.86. The molecule has 1 atom stereocenters. The van der Waals surface area contributed by atoms with E-state index in [1.807, 2.05) is 0 Å². The Bertz CT molecular complexity index is 387. The largest absolute Gasteiger partial charge is 0.468 e. The van der Waals surface area contributed by atoms with Gasteiger partial charge in [-0.3, -0.25) is 4.79 Å². The minimum absolute atomic E-state index is 0.314. The van der Waals surface area contributed by atoms with Crippen LogP contribution in [0.3, 0.4) is 0 Å². The minimum atomic E-state index is -0.465. The monoisotopic (exact) mass is 353 g/mol. The lowest BCUT2D eigenvalue weighted by Crippen LogP contribution is -2.24. The first-order valence-corrected chi connectivity index (χ1v) is 6.16. The molecular weight excluding hydrogens is 345 g/mol. The van der Waals surface area contributed by atoms with E-state index < -0.39 is 4.83 Å². The summed E-state index contributed by atoms with van der Waals surface area (Å²) < 4.78 is 18.2. The molecule has 3 nitrogen and oxygen atoms in total. The van der Waals surface area contributed by atoms with E-state index in [2.05, 4.69) is 41.9 Å². The number of esters is 1. The van der Waals surface area contributed by atoms with Crippen LogP contribution in [-0.4, -0.2) is 24.5 Å². The van der Waals surface area contributed by atoms with Crippen molar-refractivity contribution in [3.8, 4) is 0 Å². The van der Waals surface area contributed by atoms with Gasteiger partial charge in [-0.1, -0.05) is 15.9 Å². The van der Waals surface area contributed by atoms with Crippen molar-refractivity contribution in [3.63, 3.8) is 0 Å². The van der Waals surface area contributed by atoms with Gasteiger partial charge in [0, 0.05) is 11.0 Å². The molecule has 1 aromatic rings. The number of hydrogen-bond donors (Lipinski definition) is 1. The summed E-state index contributed by atoms with van der Waals surface area (Å²) in [5.41, 5.74) is 0.591. The molecule has 0 aromatic heterocycles. The Morgan fingerprint density at radius 2 is 2.31 bits per heavy atom. The first kappa shape index (κ1) is 13.4. The zero-order valence-electron chi connectivity index (χ0n) is 8.47. The van der Waals surface area contributed by atoms with E-state index in [4.69, 9.17) is 0 Å². The van der Waals surface area contributed by atoms with E-state index in [1.165, 1.54) is 19.2 Å². The molecule has 0 radical (unpaired) electrons. The molecule has 1 aromatic carbocycles. The molecule has 0 heterocycles. The van der Waals surface area contributed by atoms with Crippen molar-refractivity contribution in [2.24, 2.45) is 0 Å². The maximum absolute atomic E-state index is 12.9. The van der Waals surface area contributed by atoms with Gasteiger partial charge in [0.2, 0.25) is 0 Å². The molecule has 6 heteroatoms. The number of hydrogen-bond acceptors (Lipinski definition) is 3. The van der Waals surface area contributed by atoms with Crippen LogP contribution in [0, 0.1) is 5.82 Å². The number of anilines is 1. The standard InChI is InChI=1S/C10H10Br2FNO2/c1-16-10(15)8(12)5-14-9-4-6(13)2-3-7(9)11/h2-4,8,14H,5H2,1H3. The lowest BCUT2D eigenvalue weighted by atomic mass is 10.3. The third kappa shape index (κ3) is 3.75. The first-order valence-electron chi connectivity index (χ1n) is 4.45. The molecule has 0 aliphatic heterocycles. The Balaban J connectivity index is 2.60. The van der Waals surface area contributed by atoms with Gasteiger partial charge < -0.3 is 10.1 Å². The van der Waals surface area contributed by atoms with Gasteiger partial charge >= 0.3 is 5.97 Å². The van der Waals surface area contributed by atoms with Crippen LogP contribution in [-0.2, 0) is 9.53 Å². The predicted octanol–water partition coefficient (Wildman–Crippen LogP) is 2.94. The summed E-state index contributed by atoms with van der Waals surface area (Å²) in [5.74, 6) is -0.713. The lowest BCUT2D eigenvalue weighted by Gasteiger charge is -2.11. The van der Waals surface area contributed by atoms with Gasteiger partial charge in [-0.2, -0.15) is 0 Å². The van der Waals surface area contributed by atoms with Crippen LogP contribution < -0.4 is 5.32 Å².